The van der Waals surface area contributed by atoms with Crippen molar-refractivity contribution in [3.05, 3.63) is 12.2 Å². The van der Waals surface area contributed by atoms with Crippen LogP contribution in [0.5, 0.6) is 0 Å². The number of esters is 1. The number of aliphatic carboxylic acids is 1. The molecule has 0 aliphatic carbocycles. The van der Waals surface area contributed by atoms with Gasteiger partial charge in [0.05, 0.1) is 26.9 Å². The maximum absolute atomic E-state index is 10.1. The van der Waals surface area contributed by atoms with E-state index in [9.17, 15) is 9.59 Å². The standard InChI is InChI=1S/C6H14O4.C5H6O4/c1-2-10-6(8)5-9-4-3-7;1-9-5(8)3-2-4(6)7/h6-8H,2-5H2,1H3;2-3H,1H3,(H,6,7)/b;3-2-. The van der Waals surface area contributed by atoms with Gasteiger partial charge >= 0.3 is 11.9 Å². The van der Waals surface area contributed by atoms with Gasteiger partial charge in [0.1, 0.15) is 0 Å². The molecule has 112 valence electrons. The van der Waals surface area contributed by atoms with Crippen LogP contribution >= 0.6 is 0 Å². The Hall–Kier alpha value is -1.48. The summed E-state index contributed by atoms with van der Waals surface area (Å²) in [6.07, 6.45) is 0.685. The summed E-state index contributed by atoms with van der Waals surface area (Å²) in [6.45, 7) is 2.58. The van der Waals surface area contributed by atoms with E-state index in [4.69, 9.17) is 24.8 Å². The topological polar surface area (TPSA) is 123 Å². The average Bonchev–Trinajstić information content (AvgIpc) is 2.37. The van der Waals surface area contributed by atoms with Crippen molar-refractivity contribution < 1.29 is 39.1 Å². The van der Waals surface area contributed by atoms with Crippen LogP contribution in [0.1, 0.15) is 6.92 Å². The number of hydrogen-bond donors (Lipinski definition) is 3. The summed E-state index contributed by atoms with van der Waals surface area (Å²) in [5, 5.41) is 25.1. The van der Waals surface area contributed by atoms with E-state index in [1.165, 1.54) is 7.11 Å². The Kier molecular flexibility index (Phi) is 15.2. The third kappa shape index (κ3) is 19.1. The van der Waals surface area contributed by atoms with E-state index in [1.807, 2.05) is 0 Å². The first-order valence-corrected chi connectivity index (χ1v) is 5.45. The van der Waals surface area contributed by atoms with Crippen molar-refractivity contribution in [2.24, 2.45) is 0 Å². The molecule has 0 amide bonds. The second-order valence-electron chi connectivity index (χ2n) is 2.90. The largest absolute Gasteiger partial charge is 0.478 e. The van der Waals surface area contributed by atoms with Gasteiger partial charge < -0.3 is 29.5 Å². The summed E-state index contributed by atoms with van der Waals surface area (Å²) in [5.74, 6) is -1.84. The van der Waals surface area contributed by atoms with Gasteiger partial charge in [-0.25, -0.2) is 9.59 Å². The van der Waals surface area contributed by atoms with Crippen molar-refractivity contribution in [1.29, 1.82) is 0 Å². The van der Waals surface area contributed by atoms with Gasteiger partial charge in [-0.05, 0) is 6.92 Å². The Morgan fingerprint density at radius 2 is 1.95 bits per heavy atom. The minimum absolute atomic E-state index is 0.0289. The number of rotatable bonds is 8. The van der Waals surface area contributed by atoms with E-state index in [-0.39, 0.29) is 19.8 Å². The van der Waals surface area contributed by atoms with Crippen LogP contribution < -0.4 is 0 Å². The fourth-order valence-corrected chi connectivity index (χ4v) is 0.697. The monoisotopic (exact) mass is 280 g/mol. The van der Waals surface area contributed by atoms with Crippen LogP contribution in [0, 0.1) is 0 Å². The van der Waals surface area contributed by atoms with E-state index in [0.717, 1.165) is 6.08 Å². The highest BCUT2D eigenvalue weighted by Gasteiger charge is 2.00. The lowest BCUT2D eigenvalue weighted by molar-refractivity contribution is -0.136. The summed E-state index contributed by atoms with van der Waals surface area (Å²) in [5.41, 5.74) is 0. The molecule has 0 aromatic heterocycles. The van der Waals surface area contributed by atoms with Crippen LogP contribution in [-0.2, 0) is 23.8 Å². The highest BCUT2D eigenvalue weighted by Crippen LogP contribution is 1.86. The molecule has 0 radical (unpaired) electrons. The lowest BCUT2D eigenvalue weighted by Crippen LogP contribution is -2.19. The summed E-state index contributed by atoms with van der Waals surface area (Å²) in [4.78, 5) is 19.9. The quantitative estimate of drug-likeness (QED) is 0.227. The van der Waals surface area contributed by atoms with Crippen molar-refractivity contribution in [3.8, 4) is 0 Å². The van der Waals surface area contributed by atoms with Gasteiger partial charge in [0.15, 0.2) is 6.29 Å². The molecule has 0 saturated carbocycles. The van der Waals surface area contributed by atoms with Crippen LogP contribution in [0.2, 0.25) is 0 Å². The Morgan fingerprint density at radius 1 is 1.32 bits per heavy atom. The molecule has 0 bridgehead atoms. The molecule has 0 aromatic carbocycles. The van der Waals surface area contributed by atoms with E-state index >= 15 is 0 Å². The number of methoxy groups -OCH3 is 1. The summed E-state index contributed by atoms with van der Waals surface area (Å²) < 4.78 is 13.6. The number of carboxylic acid groups (broad SMARTS) is 1. The fraction of sp³-hybridized carbons (Fsp3) is 0.636. The smallest absolute Gasteiger partial charge is 0.330 e. The number of carboxylic acids is 1. The van der Waals surface area contributed by atoms with Crippen molar-refractivity contribution >= 4 is 11.9 Å². The number of aliphatic hydroxyl groups excluding tert-OH is 2. The molecule has 0 heterocycles. The summed E-state index contributed by atoms with van der Waals surface area (Å²) in [6, 6.07) is 0. The first-order valence-electron chi connectivity index (χ1n) is 5.45. The lowest BCUT2D eigenvalue weighted by atomic mass is 10.5. The van der Waals surface area contributed by atoms with Crippen LogP contribution in [0.3, 0.4) is 0 Å². The molecule has 0 aliphatic rings. The lowest BCUT2D eigenvalue weighted by Gasteiger charge is -2.09. The van der Waals surface area contributed by atoms with Gasteiger partial charge in [-0.2, -0.15) is 0 Å². The first-order chi connectivity index (χ1) is 8.97. The summed E-state index contributed by atoms with van der Waals surface area (Å²) in [7, 11) is 1.18. The highest BCUT2D eigenvalue weighted by atomic mass is 16.6. The summed E-state index contributed by atoms with van der Waals surface area (Å²) >= 11 is 0. The number of ether oxygens (including phenoxy) is 3. The van der Waals surface area contributed by atoms with E-state index in [1.54, 1.807) is 6.92 Å². The molecule has 0 saturated heterocycles. The molecule has 1 unspecified atom stereocenters. The maximum atomic E-state index is 10.1. The van der Waals surface area contributed by atoms with Gasteiger partial charge in [-0.1, -0.05) is 0 Å². The third-order valence-corrected chi connectivity index (χ3v) is 1.42. The molecule has 8 nitrogen and oxygen atoms in total. The van der Waals surface area contributed by atoms with Crippen LogP contribution in [0.4, 0.5) is 0 Å². The van der Waals surface area contributed by atoms with Crippen LogP contribution in [-0.4, -0.2) is 67.1 Å². The molecule has 0 rings (SSSR count). The van der Waals surface area contributed by atoms with Crippen molar-refractivity contribution in [3.63, 3.8) is 0 Å². The zero-order valence-corrected chi connectivity index (χ0v) is 10.9. The molecule has 0 aliphatic heterocycles. The van der Waals surface area contributed by atoms with E-state index < -0.39 is 18.2 Å². The Labute approximate surface area is 111 Å². The van der Waals surface area contributed by atoms with E-state index in [0.29, 0.717) is 12.7 Å². The third-order valence-electron chi connectivity index (χ3n) is 1.42. The normalized spacial score (nSPS) is 11.6. The highest BCUT2D eigenvalue weighted by molar-refractivity contribution is 5.90. The van der Waals surface area contributed by atoms with E-state index in [2.05, 4.69) is 4.74 Å². The maximum Gasteiger partial charge on any atom is 0.330 e. The fourth-order valence-electron chi connectivity index (χ4n) is 0.697. The van der Waals surface area contributed by atoms with Gasteiger partial charge in [0, 0.05) is 18.8 Å². The second-order valence-corrected chi connectivity index (χ2v) is 2.90. The Morgan fingerprint density at radius 3 is 2.37 bits per heavy atom. The van der Waals surface area contributed by atoms with Gasteiger partial charge in [0.25, 0.3) is 0 Å². The minimum atomic E-state index is -1.17. The van der Waals surface area contributed by atoms with Gasteiger partial charge in [-0.3, -0.25) is 0 Å². The zero-order chi connectivity index (χ0) is 15.1. The number of hydrogen-bond acceptors (Lipinski definition) is 7. The second kappa shape index (κ2) is 14.6. The average molecular weight is 280 g/mol. The Balaban J connectivity index is 0. The molecule has 0 aromatic rings. The van der Waals surface area contributed by atoms with Gasteiger partial charge in [-0.15, -0.1) is 0 Å². The predicted octanol–water partition coefficient (Wildman–Crippen LogP) is -0.850. The van der Waals surface area contributed by atoms with Crippen molar-refractivity contribution in [2.75, 3.05) is 33.5 Å². The molecule has 0 fully saturated rings. The van der Waals surface area contributed by atoms with Crippen molar-refractivity contribution in [1.82, 2.24) is 0 Å². The minimum Gasteiger partial charge on any atom is -0.478 e. The molecule has 1 atom stereocenters. The van der Waals surface area contributed by atoms with Crippen LogP contribution in [0.15, 0.2) is 12.2 Å². The van der Waals surface area contributed by atoms with Crippen LogP contribution in [0.25, 0.3) is 0 Å². The molecule has 3 N–H and O–H groups in total. The SMILES string of the molecule is CCOC(O)COCCO.COC(=O)/C=C\C(=O)O. The number of carbonyl (C=O) groups excluding carboxylic acids is 1. The molecular weight excluding hydrogens is 260 g/mol. The first kappa shape index (κ1) is 19.9. The molecule has 19 heavy (non-hydrogen) atoms. The zero-order valence-electron chi connectivity index (χ0n) is 10.9. The van der Waals surface area contributed by atoms with Gasteiger partial charge in [0.2, 0.25) is 0 Å². The Bertz CT molecular complexity index is 263. The molecular formula is C11H20O8. The number of carbonyl (C=O) groups is 2. The predicted molar refractivity (Wildman–Crippen MR) is 64.3 cm³/mol. The molecule has 0 spiro atoms. The van der Waals surface area contributed by atoms with Crippen molar-refractivity contribution in [2.45, 2.75) is 13.2 Å². The molecule has 8 heteroatoms. The number of aliphatic hydroxyl groups is 2.